The van der Waals surface area contributed by atoms with Crippen LogP contribution >= 0.6 is 11.3 Å². The predicted octanol–water partition coefficient (Wildman–Crippen LogP) is 5.57. The van der Waals surface area contributed by atoms with Crippen LogP contribution < -0.4 is 16.2 Å². The minimum atomic E-state index is -1.02. The average Bonchev–Trinajstić information content (AvgIpc) is 3.50. The third-order valence-electron chi connectivity index (χ3n) is 7.09. The molecule has 10 heteroatoms. The van der Waals surface area contributed by atoms with Gasteiger partial charge in [-0.15, -0.1) is 0 Å². The minimum absolute atomic E-state index is 0.262. The number of nitrogens with zero attached hydrogens (tertiary/aromatic N) is 2. The first-order valence-corrected chi connectivity index (χ1v) is 13.8. The fraction of sp³-hybridized carbons (Fsp3) is 0.267. The number of urea groups is 1. The standard InChI is InChI=1S/C30H30N4O5S/c1-30(2,3)25-21(16-17-33(25)29(38)39)31-28(37)32-26-23(24(36)18-10-6-4-7-11-18)20-14-15-22(35)34(27(20)40-26)19-12-8-5-9-13-19/h4-15,21,25H,16-17H2,1-3H3,(H,38,39)(H2,31,32,37)/t21-,25?/m0/s1. The molecular weight excluding hydrogens is 528 g/mol. The molecule has 40 heavy (non-hydrogen) atoms. The lowest BCUT2D eigenvalue weighted by molar-refractivity contribution is 0.0983. The van der Waals surface area contributed by atoms with E-state index in [-0.39, 0.29) is 16.9 Å². The van der Waals surface area contributed by atoms with Gasteiger partial charge < -0.3 is 15.3 Å². The fourth-order valence-corrected chi connectivity index (χ4v) is 6.70. The van der Waals surface area contributed by atoms with Crippen molar-refractivity contribution in [2.45, 2.75) is 39.3 Å². The number of amides is 3. The molecule has 3 amide bonds. The highest BCUT2D eigenvalue weighted by atomic mass is 32.1. The second kappa shape index (κ2) is 10.6. The minimum Gasteiger partial charge on any atom is -0.465 e. The Hall–Kier alpha value is -4.44. The number of benzene rings is 2. The van der Waals surface area contributed by atoms with Crippen LogP contribution in [0.1, 0.15) is 43.1 Å². The van der Waals surface area contributed by atoms with E-state index < -0.39 is 29.6 Å². The van der Waals surface area contributed by atoms with Gasteiger partial charge in [0.05, 0.1) is 23.3 Å². The molecule has 1 fully saturated rings. The molecule has 5 rings (SSSR count). The largest absolute Gasteiger partial charge is 0.465 e. The highest BCUT2D eigenvalue weighted by Crippen LogP contribution is 2.38. The normalized spacial score (nSPS) is 17.1. The van der Waals surface area contributed by atoms with Crippen molar-refractivity contribution in [3.05, 3.63) is 94.3 Å². The summed E-state index contributed by atoms with van der Waals surface area (Å²) in [4.78, 5) is 53.9. The second-order valence-electron chi connectivity index (χ2n) is 10.8. The third-order valence-corrected chi connectivity index (χ3v) is 8.20. The SMILES string of the molecule is CC(C)(C)C1[C@@H](NC(=O)Nc2sc3c(ccc(=O)n3-c3ccccc3)c2C(=O)c2ccccc2)CCN1C(=O)O. The van der Waals surface area contributed by atoms with E-state index in [9.17, 15) is 24.3 Å². The number of thiophene rings is 1. The molecule has 9 nitrogen and oxygen atoms in total. The highest BCUT2D eigenvalue weighted by Gasteiger charge is 2.44. The quantitative estimate of drug-likeness (QED) is 0.277. The van der Waals surface area contributed by atoms with Gasteiger partial charge in [-0.2, -0.15) is 0 Å². The van der Waals surface area contributed by atoms with Gasteiger partial charge in [0, 0.05) is 23.6 Å². The van der Waals surface area contributed by atoms with Crippen LogP contribution in [0.3, 0.4) is 0 Å². The summed E-state index contributed by atoms with van der Waals surface area (Å²) in [5.74, 6) is -0.286. The summed E-state index contributed by atoms with van der Waals surface area (Å²) < 4.78 is 1.53. The van der Waals surface area contributed by atoms with Gasteiger partial charge in [-0.05, 0) is 30.0 Å². The van der Waals surface area contributed by atoms with E-state index in [4.69, 9.17) is 0 Å². The molecule has 1 aliphatic rings. The number of ketones is 1. The number of aromatic nitrogens is 1. The second-order valence-corrected chi connectivity index (χ2v) is 11.8. The molecule has 1 saturated heterocycles. The maximum Gasteiger partial charge on any atom is 0.407 e. The lowest BCUT2D eigenvalue weighted by Gasteiger charge is -2.37. The molecule has 1 unspecified atom stereocenters. The molecule has 2 aromatic heterocycles. The summed E-state index contributed by atoms with van der Waals surface area (Å²) in [6, 6.07) is 19.5. The van der Waals surface area contributed by atoms with E-state index >= 15 is 0 Å². The first-order valence-electron chi connectivity index (χ1n) is 13.0. The first kappa shape index (κ1) is 27.1. The highest BCUT2D eigenvalue weighted by molar-refractivity contribution is 7.23. The van der Waals surface area contributed by atoms with Gasteiger partial charge in [0.1, 0.15) is 9.83 Å². The van der Waals surface area contributed by atoms with Crippen molar-refractivity contribution in [1.29, 1.82) is 0 Å². The number of carboxylic acid groups (broad SMARTS) is 1. The van der Waals surface area contributed by atoms with E-state index in [0.717, 1.165) is 11.3 Å². The predicted molar refractivity (Wildman–Crippen MR) is 156 cm³/mol. The maximum atomic E-state index is 13.8. The molecule has 2 atom stereocenters. The molecular formula is C30H30N4O5S. The Kier molecular flexibility index (Phi) is 7.20. The smallest absolute Gasteiger partial charge is 0.407 e. The topological polar surface area (TPSA) is 121 Å². The van der Waals surface area contributed by atoms with Crippen LogP contribution in [0.25, 0.3) is 15.9 Å². The van der Waals surface area contributed by atoms with E-state index in [2.05, 4.69) is 10.6 Å². The number of hydrogen-bond acceptors (Lipinski definition) is 5. The summed E-state index contributed by atoms with van der Waals surface area (Å²) >= 11 is 1.15. The molecule has 206 valence electrons. The number of rotatable bonds is 5. The van der Waals surface area contributed by atoms with Gasteiger partial charge in [-0.25, -0.2) is 9.59 Å². The van der Waals surface area contributed by atoms with Gasteiger partial charge in [0.25, 0.3) is 5.56 Å². The van der Waals surface area contributed by atoms with Crippen molar-refractivity contribution < 1.29 is 19.5 Å². The number of carbonyl (C=O) groups is 3. The number of fused-ring (bicyclic) bond motifs is 1. The Morgan fingerprint density at radius 3 is 2.23 bits per heavy atom. The van der Waals surface area contributed by atoms with Gasteiger partial charge in [0.15, 0.2) is 5.78 Å². The molecule has 2 aromatic carbocycles. The van der Waals surface area contributed by atoms with Crippen LogP contribution in [0.15, 0.2) is 77.6 Å². The monoisotopic (exact) mass is 558 g/mol. The van der Waals surface area contributed by atoms with Crippen molar-refractivity contribution in [2.75, 3.05) is 11.9 Å². The summed E-state index contributed by atoms with van der Waals surface area (Å²) in [6.07, 6.45) is -0.555. The van der Waals surface area contributed by atoms with Crippen molar-refractivity contribution >= 4 is 44.5 Å². The Bertz CT molecular complexity index is 1640. The molecule has 0 saturated carbocycles. The van der Waals surface area contributed by atoms with Crippen molar-refractivity contribution in [1.82, 2.24) is 14.8 Å². The third kappa shape index (κ3) is 5.10. The molecule has 3 N–H and O–H groups in total. The molecule has 0 radical (unpaired) electrons. The van der Waals surface area contributed by atoms with Gasteiger partial charge >= 0.3 is 12.1 Å². The van der Waals surface area contributed by atoms with Crippen molar-refractivity contribution in [2.24, 2.45) is 5.41 Å². The molecule has 0 aliphatic carbocycles. The first-order chi connectivity index (χ1) is 19.1. The molecule has 0 bridgehead atoms. The molecule has 0 spiro atoms. The summed E-state index contributed by atoms with van der Waals surface area (Å²) in [5.41, 5.74) is 0.704. The Balaban J connectivity index is 1.56. The number of carbonyl (C=O) groups excluding carboxylic acids is 2. The van der Waals surface area contributed by atoms with E-state index in [0.29, 0.717) is 39.4 Å². The van der Waals surface area contributed by atoms with Crippen molar-refractivity contribution in [3.63, 3.8) is 0 Å². The van der Waals surface area contributed by atoms with Crippen LogP contribution in [-0.4, -0.2) is 51.1 Å². The van der Waals surface area contributed by atoms with Gasteiger partial charge in [-0.1, -0.05) is 80.6 Å². The van der Waals surface area contributed by atoms with E-state index in [1.165, 1.54) is 15.5 Å². The summed E-state index contributed by atoms with van der Waals surface area (Å²) in [6.45, 7) is 6.14. The number of anilines is 1. The zero-order valence-corrected chi connectivity index (χ0v) is 23.2. The zero-order valence-electron chi connectivity index (χ0n) is 22.4. The maximum absolute atomic E-state index is 13.8. The van der Waals surface area contributed by atoms with E-state index in [1.54, 1.807) is 42.5 Å². The fourth-order valence-electron chi connectivity index (χ4n) is 5.49. The lowest BCUT2D eigenvalue weighted by Crippen LogP contribution is -2.53. The Morgan fingerprint density at radius 1 is 0.950 bits per heavy atom. The number of likely N-dealkylation sites (tertiary alicyclic amines) is 1. The molecule has 3 heterocycles. The number of pyridine rings is 1. The summed E-state index contributed by atoms with van der Waals surface area (Å²) in [7, 11) is 0. The average molecular weight is 559 g/mol. The Morgan fingerprint density at radius 2 is 1.60 bits per heavy atom. The van der Waals surface area contributed by atoms with Crippen LogP contribution in [-0.2, 0) is 0 Å². The number of para-hydroxylation sites is 1. The number of hydrogen-bond donors (Lipinski definition) is 3. The number of nitrogens with one attached hydrogen (secondary N) is 2. The van der Waals surface area contributed by atoms with Crippen molar-refractivity contribution in [3.8, 4) is 5.69 Å². The molecule has 4 aromatic rings. The summed E-state index contributed by atoms with van der Waals surface area (Å²) in [5, 5.41) is 16.4. The van der Waals surface area contributed by atoms with Crippen LogP contribution in [0.2, 0.25) is 0 Å². The van der Waals surface area contributed by atoms with Crippen LogP contribution in [0.4, 0.5) is 14.6 Å². The Labute approximate surface area is 235 Å². The van der Waals surface area contributed by atoms with Gasteiger partial charge in [0.2, 0.25) is 0 Å². The van der Waals surface area contributed by atoms with Crippen LogP contribution in [0.5, 0.6) is 0 Å². The lowest BCUT2D eigenvalue weighted by atomic mass is 9.83. The van der Waals surface area contributed by atoms with Gasteiger partial charge in [-0.3, -0.25) is 19.5 Å². The van der Waals surface area contributed by atoms with E-state index in [1.807, 2.05) is 45.0 Å². The zero-order chi connectivity index (χ0) is 28.6. The van der Waals surface area contributed by atoms with Crippen LogP contribution in [0, 0.1) is 5.41 Å². The molecule has 1 aliphatic heterocycles.